The smallest absolute Gasteiger partial charge is 0.242 e. The Bertz CT molecular complexity index is 746. The fraction of sp³-hybridized carbons (Fsp3) is 0.611. The van der Waals surface area contributed by atoms with E-state index in [4.69, 9.17) is 23.2 Å². The molecular weight excluding hydrogens is 441 g/mol. The number of carbonyl (C=O) groups excluding carboxylic acids is 1. The van der Waals surface area contributed by atoms with E-state index in [2.05, 4.69) is 35.7 Å². The summed E-state index contributed by atoms with van der Waals surface area (Å²) in [6.07, 6.45) is 2.27. The standard InChI is InChI=1S/C18H29Cl2N3O3S2/c1-5-23(13(2)3)10-9-21-18(24)16(8-11-27-4)22-28(25,26)17-12-14(19)6-7-15(17)20/h6-7,12-13,16,22H,5,8-11H2,1-4H3,(H,21,24). The number of benzene rings is 1. The van der Waals surface area contributed by atoms with Gasteiger partial charge in [0.25, 0.3) is 0 Å². The van der Waals surface area contributed by atoms with Gasteiger partial charge in [0.05, 0.1) is 5.02 Å². The van der Waals surface area contributed by atoms with E-state index >= 15 is 0 Å². The minimum absolute atomic E-state index is 0.0523. The lowest BCUT2D eigenvalue weighted by molar-refractivity contribution is -0.122. The molecule has 0 aliphatic carbocycles. The van der Waals surface area contributed by atoms with Gasteiger partial charge in [-0.15, -0.1) is 0 Å². The topological polar surface area (TPSA) is 78.5 Å². The first-order chi connectivity index (χ1) is 13.1. The molecule has 0 bridgehead atoms. The molecule has 0 aliphatic heterocycles. The van der Waals surface area contributed by atoms with E-state index in [1.165, 1.54) is 18.2 Å². The molecule has 0 fully saturated rings. The second-order valence-electron chi connectivity index (χ2n) is 6.54. The summed E-state index contributed by atoms with van der Waals surface area (Å²) < 4.78 is 28.0. The molecule has 1 amide bonds. The predicted molar refractivity (Wildman–Crippen MR) is 119 cm³/mol. The number of hydrogen-bond donors (Lipinski definition) is 2. The maximum absolute atomic E-state index is 12.8. The highest BCUT2D eigenvalue weighted by molar-refractivity contribution is 7.98. The van der Waals surface area contributed by atoms with Gasteiger partial charge in [0.1, 0.15) is 10.9 Å². The van der Waals surface area contributed by atoms with Crippen LogP contribution in [0.2, 0.25) is 10.0 Å². The number of thioether (sulfide) groups is 1. The third-order valence-corrected chi connectivity index (χ3v) is 7.07. The monoisotopic (exact) mass is 469 g/mol. The van der Waals surface area contributed by atoms with Crippen LogP contribution >= 0.6 is 35.0 Å². The Labute approximate surface area is 182 Å². The van der Waals surface area contributed by atoms with Gasteiger partial charge in [-0.2, -0.15) is 16.5 Å². The van der Waals surface area contributed by atoms with Crippen molar-refractivity contribution in [1.29, 1.82) is 0 Å². The first-order valence-electron chi connectivity index (χ1n) is 9.10. The van der Waals surface area contributed by atoms with Gasteiger partial charge in [-0.05, 0) is 57.0 Å². The molecule has 1 unspecified atom stereocenters. The van der Waals surface area contributed by atoms with Crippen molar-refractivity contribution < 1.29 is 13.2 Å². The highest BCUT2D eigenvalue weighted by Crippen LogP contribution is 2.25. The minimum Gasteiger partial charge on any atom is -0.353 e. The van der Waals surface area contributed by atoms with E-state index in [0.717, 1.165) is 6.54 Å². The first-order valence-corrected chi connectivity index (χ1v) is 12.7. The molecular formula is C18H29Cl2N3O3S2. The van der Waals surface area contributed by atoms with Crippen LogP contribution in [0.3, 0.4) is 0 Å². The number of sulfonamides is 1. The molecule has 0 spiro atoms. The summed E-state index contributed by atoms with van der Waals surface area (Å²) in [4.78, 5) is 14.7. The average molecular weight is 470 g/mol. The number of halogens is 2. The average Bonchev–Trinajstić information content (AvgIpc) is 2.63. The van der Waals surface area contributed by atoms with Gasteiger partial charge in [0.15, 0.2) is 0 Å². The Balaban J connectivity index is 2.86. The molecule has 0 saturated carbocycles. The van der Waals surface area contributed by atoms with Crippen LogP contribution in [0.5, 0.6) is 0 Å². The van der Waals surface area contributed by atoms with Crippen molar-refractivity contribution >= 4 is 50.9 Å². The lowest BCUT2D eigenvalue weighted by Gasteiger charge is -2.25. The molecule has 0 aliphatic rings. The number of carbonyl (C=O) groups is 1. The van der Waals surface area contributed by atoms with Crippen molar-refractivity contribution in [3.63, 3.8) is 0 Å². The first kappa shape index (κ1) is 25.5. The zero-order valence-corrected chi connectivity index (χ0v) is 19.8. The summed E-state index contributed by atoms with van der Waals surface area (Å²) >= 11 is 13.5. The van der Waals surface area contributed by atoms with Gasteiger partial charge in [0.2, 0.25) is 15.9 Å². The van der Waals surface area contributed by atoms with Gasteiger partial charge in [-0.3, -0.25) is 9.69 Å². The third kappa shape index (κ3) is 8.08. The molecule has 0 saturated heterocycles. The maximum atomic E-state index is 12.8. The quantitative estimate of drug-likeness (QED) is 0.491. The molecule has 1 atom stereocenters. The number of nitrogens with zero attached hydrogens (tertiary/aromatic N) is 1. The summed E-state index contributed by atoms with van der Waals surface area (Å²) in [7, 11) is -3.99. The van der Waals surface area contributed by atoms with Crippen LogP contribution in [0, 0.1) is 0 Å². The van der Waals surface area contributed by atoms with Gasteiger partial charge >= 0.3 is 0 Å². The van der Waals surface area contributed by atoms with Crippen LogP contribution in [-0.4, -0.2) is 63.0 Å². The zero-order chi connectivity index (χ0) is 21.3. The molecule has 0 heterocycles. The second kappa shape index (κ2) is 12.2. The SMILES string of the molecule is CCN(CCNC(=O)C(CCSC)NS(=O)(=O)c1cc(Cl)ccc1Cl)C(C)C. The number of rotatable bonds is 12. The van der Waals surface area contributed by atoms with Gasteiger partial charge < -0.3 is 5.32 Å². The predicted octanol–water partition coefficient (Wildman–Crippen LogP) is 3.24. The van der Waals surface area contributed by atoms with Crippen molar-refractivity contribution in [1.82, 2.24) is 14.9 Å². The molecule has 1 aromatic carbocycles. The van der Waals surface area contributed by atoms with Crippen molar-refractivity contribution in [3.8, 4) is 0 Å². The van der Waals surface area contributed by atoms with Crippen LogP contribution in [0.25, 0.3) is 0 Å². The Morgan fingerprint density at radius 3 is 2.54 bits per heavy atom. The van der Waals surface area contributed by atoms with Gasteiger partial charge in [0, 0.05) is 24.2 Å². The van der Waals surface area contributed by atoms with E-state index in [9.17, 15) is 13.2 Å². The van der Waals surface area contributed by atoms with E-state index in [1.807, 2.05) is 6.26 Å². The largest absolute Gasteiger partial charge is 0.353 e. The van der Waals surface area contributed by atoms with Crippen molar-refractivity contribution in [2.75, 3.05) is 31.6 Å². The van der Waals surface area contributed by atoms with E-state index in [-0.39, 0.29) is 20.8 Å². The summed E-state index contributed by atoms with van der Waals surface area (Å²) in [6.45, 7) is 8.27. The Morgan fingerprint density at radius 1 is 1.29 bits per heavy atom. The van der Waals surface area contributed by atoms with E-state index in [0.29, 0.717) is 31.3 Å². The van der Waals surface area contributed by atoms with E-state index in [1.54, 1.807) is 11.8 Å². The molecule has 160 valence electrons. The molecule has 1 aromatic rings. The van der Waals surface area contributed by atoms with Crippen molar-refractivity contribution in [2.24, 2.45) is 0 Å². The Kier molecular flexibility index (Phi) is 11.2. The second-order valence-corrected chi connectivity index (χ2v) is 10.1. The molecule has 10 heteroatoms. The third-order valence-electron chi connectivity index (χ3n) is 4.24. The van der Waals surface area contributed by atoms with Gasteiger partial charge in [-0.1, -0.05) is 30.1 Å². The van der Waals surface area contributed by atoms with Gasteiger partial charge in [-0.25, -0.2) is 8.42 Å². The molecule has 6 nitrogen and oxygen atoms in total. The lowest BCUT2D eigenvalue weighted by Crippen LogP contribution is -2.48. The summed E-state index contributed by atoms with van der Waals surface area (Å²) in [5, 5.41) is 3.14. The van der Waals surface area contributed by atoms with Crippen LogP contribution in [-0.2, 0) is 14.8 Å². The maximum Gasteiger partial charge on any atom is 0.242 e. The highest BCUT2D eigenvalue weighted by Gasteiger charge is 2.27. The number of nitrogens with one attached hydrogen (secondary N) is 2. The molecule has 28 heavy (non-hydrogen) atoms. The van der Waals surface area contributed by atoms with E-state index < -0.39 is 16.1 Å². The van der Waals surface area contributed by atoms with Crippen molar-refractivity contribution in [2.45, 2.75) is 44.2 Å². The Morgan fingerprint density at radius 2 is 1.96 bits per heavy atom. The van der Waals surface area contributed by atoms with Crippen molar-refractivity contribution in [3.05, 3.63) is 28.2 Å². The number of amides is 1. The summed E-state index contributed by atoms with van der Waals surface area (Å²) in [6, 6.07) is 3.69. The summed E-state index contributed by atoms with van der Waals surface area (Å²) in [5.74, 6) is 0.285. The summed E-state index contributed by atoms with van der Waals surface area (Å²) in [5.41, 5.74) is 0. The van der Waals surface area contributed by atoms with Crippen LogP contribution in [0.4, 0.5) is 0 Å². The minimum atomic E-state index is -3.99. The zero-order valence-electron chi connectivity index (χ0n) is 16.7. The fourth-order valence-corrected chi connectivity index (χ4v) is 5.10. The fourth-order valence-electron chi connectivity index (χ4n) is 2.64. The molecule has 1 rings (SSSR count). The molecule has 0 aromatic heterocycles. The normalized spacial score (nSPS) is 13.1. The highest BCUT2D eigenvalue weighted by atomic mass is 35.5. The van der Waals surface area contributed by atoms with Crippen LogP contribution in [0.1, 0.15) is 27.2 Å². The number of likely N-dealkylation sites (N-methyl/N-ethyl adjacent to an activating group) is 1. The molecule has 2 N–H and O–H groups in total. The number of hydrogen-bond acceptors (Lipinski definition) is 5. The Hall–Kier alpha value is -0.510. The lowest BCUT2D eigenvalue weighted by atomic mass is 10.2. The van der Waals surface area contributed by atoms with Crippen LogP contribution < -0.4 is 10.0 Å². The molecule has 0 radical (unpaired) electrons. The van der Waals surface area contributed by atoms with Crippen LogP contribution in [0.15, 0.2) is 23.1 Å².